The van der Waals surface area contributed by atoms with Gasteiger partial charge in [-0.3, -0.25) is 4.90 Å². The first kappa shape index (κ1) is 17.4. The van der Waals surface area contributed by atoms with Crippen LogP contribution in [0.5, 0.6) is 0 Å². The number of hydrogen-bond donors (Lipinski definition) is 2. The number of likely N-dealkylation sites (tertiary alicyclic amines) is 1. The van der Waals surface area contributed by atoms with Crippen molar-refractivity contribution >= 4 is 0 Å². The molecule has 2 rings (SSSR count). The highest BCUT2D eigenvalue weighted by molar-refractivity contribution is 5.17. The van der Waals surface area contributed by atoms with Gasteiger partial charge in [0.05, 0.1) is 6.10 Å². The number of halogens is 1. The van der Waals surface area contributed by atoms with E-state index in [1.807, 2.05) is 12.1 Å². The molecular formula is C18H29FN2O. The summed E-state index contributed by atoms with van der Waals surface area (Å²) in [7, 11) is 0. The van der Waals surface area contributed by atoms with Gasteiger partial charge in [0.1, 0.15) is 5.82 Å². The molecule has 1 aromatic rings. The van der Waals surface area contributed by atoms with Gasteiger partial charge in [-0.25, -0.2) is 4.39 Å². The Hall–Kier alpha value is -0.970. The van der Waals surface area contributed by atoms with Crippen molar-refractivity contribution in [2.45, 2.75) is 52.3 Å². The third kappa shape index (κ3) is 4.77. The van der Waals surface area contributed by atoms with E-state index in [0.29, 0.717) is 18.0 Å². The standard InChI is InChI=1S/C18H29FN2O/c1-18(2,3)17(22)9-13-8-15(20)12-21(10-13)11-14-6-4-5-7-16(14)19/h4-7,13,15,17,22H,8-12,20H2,1-3H3. The molecule has 22 heavy (non-hydrogen) atoms. The van der Waals surface area contributed by atoms with Crippen LogP contribution in [-0.2, 0) is 6.54 Å². The van der Waals surface area contributed by atoms with E-state index in [2.05, 4.69) is 25.7 Å². The number of nitrogens with zero attached hydrogens (tertiary/aromatic N) is 1. The molecule has 1 aromatic carbocycles. The van der Waals surface area contributed by atoms with Gasteiger partial charge in [-0.15, -0.1) is 0 Å². The lowest BCUT2D eigenvalue weighted by atomic mass is 9.80. The predicted molar refractivity (Wildman–Crippen MR) is 87.8 cm³/mol. The quantitative estimate of drug-likeness (QED) is 0.899. The maximum absolute atomic E-state index is 13.8. The molecule has 1 heterocycles. The maximum atomic E-state index is 13.8. The summed E-state index contributed by atoms with van der Waals surface area (Å²) in [6.07, 6.45) is 1.35. The lowest BCUT2D eigenvalue weighted by Crippen LogP contribution is -2.47. The number of nitrogens with two attached hydrogens (primary N) is 1. The van der Waals surface area contributed by atoms with Gasteiger partial charge in [0.2, 0.25) is 0 Å². The third-order valence-corrected chi connectivity index (χ3v) is 4.55. The van der Waals surface area contributed by atoms with Crippen molar-refractivity contribution < 1.29 is 9.50 Å². The molecule has 0 aliphatic carbocycles. The number of aliphatic hydroxyl groups is 1. The van der Waals surface area contributed by atoms with Crippen LogP contribution in [0.4, 0.5) is 4.39 Å². The predicted octanol–water partition coefficient (Wildman–Crippen LogP) is 2.77. The van der Waals surface area contributed by atoms with Gasteiger partial charge in [0.15, 0.2) is 0 Å². The van der Waals surface area contributed by atoms with Crippen LogP contribution in [0.1, 0.15) is 39.2 Å². The van der Waals surface area contributed by atoms with Crippen molar-refractivity contribution in [1.82, 2.24) is 4.90 Å². The lowest BCUT2D eigenvalue weighted by Gasteiger charge is -2.39. The van der Waals surface area contributed by atoms with Crippen LogP contribution in [0, 0.1) is 17.2 Å². The molecule has 1 aliphatic heterocycles. The Bertz CT molecular complexity index is 486. The van der Waals surface area contributed by atoms with Gasteiger partial charge < -0.3 is 10.8 Å². The average Bonchev–Trinajstić information content (AvgIpc) is 2.39. The minimum Gasteiger partial charge on any atom is -0.393 e. The molecule has 0 spiro atoms. The summed E-state index contributed by atoms with van der Waals surface area (Å²) in [6, 6.07) is 7.00. The molecule has 124 valence electrons. The fourth-order valence-electron chi connectivity index (χ4n) is 3.19. The highest BCUT2D eigenvalue weighted by Gasteiger charge is 2.30. The van der Waals surface area contributed by atoms with Gasteiger partial charge in [-0.2, -0.15) is 0 Å². The van der Waals surface area contributed by atoms with Crippen LogP contribution in [0.25, 0.3) is 0 Å². The molecule has 1 fully saturated rings. The summed E-state index contributed by atoms with van der Waals surface area (Å²) in [5, 5.41) is 10.3. The van der Waals surface area contributed by atoms with Crippen LogP contribution in [0.2, 0.25) is 0 Å². The topological polar surface area (TPSA) is 49.5 Å². The maximum Gasteiger partial charge on any atom is 0.127 e. The van der Waals surface area contributed by atoms with Crippen LogP contribution in [-0.4, -0.2) is 35.2 Å². The molecule has 4 heteroatoms. The van der Waals surface area contributed by atoms with Gasteiger partial charge in [0.25, 0.3) is 0 Å². The second kappa shape index (κ2) is 7.07. The van der Waals surface area contributed by atoms with E-state index in [1.54, 1.807) is 6.07 Å². The summed E-state index contributed by atoms with van der Waals surface area (Å²) in [5.41, 5.74) is 6.78. The van der Waals surface area contributed by atoms with Crippen LogP contribution in [0.15, 0.2) is 24.3 Å². The van der Waals surface area contributed by atoms with Crippen LogP contribution < -0.4 is 5.73 Å². The highest BCUT2D eigenvalue weighted by atomic mass is 19.1. The number of rotatable bonds is 4. The summed E-state index contributed by atoms with van der Waals surface area (Å²) >= 11 is 0. The van der Waals surface area contributed by atoms with E-state index in [4.69, 9.17) is 5.73 Å². The Balaban J connectivity index is 1.98. The molecular weight excluding hydrogens is 279 g/mol. The normalized spacial score (nSPS) is 25.2. The molecule has 1 saturated heterocycles. The molecule has 0 radical (unpaired) electrons. The van der Waals surface area contributed by atoms with Gasteiger partial charge in [0, 0.05) is 31.2 Å². The highest BCUT2D eigenvalue weighted by Crippen LogP contribution is 2.29. The van der Waals surface area contributed by atoms with E-state index in [1.165, 1.54) is 6.07 Å². The molecule has 3 N–H and O–H groups in total. The summed E-state index contributed by atoms with van der Waals surface area (Å²) in [6.45, 7) is 8.40. The summed E-state index contributed by atoms with van der Waals surface area (Å²) < 4.78 is 13.8. The van der Waals surface area contributed by atoms with E-state index in [-0.39, 0.29) is 23.4 Å². The monoisotopic (exact) mass is 308 g/mol. The Morgan fingerprint density at radius 1 is 1.32 bits per heavy atom. The van der Waals surface area contributed by atoms with Crippen molar-refractivity contribution in [3.8, 4) is 0 Å². The van der Waals surface area contributed by atoms with Crippen molar-refractivity contribution in [3.05, 3.63) is 35.6 Å². The van der Waals surface area contributed by atoms with Gasteiger partial charge in [-0.1, -0.05) is 39.0 Å². The minimum atomic E-state index is -0.335. The number of benzene rings is 1. The fraction of sp³-hybridized carbons (Fsp3) is 0.667. The minimum absolute atomic E-state index is 0.0951. The first-order chi connectivity index (χ1) is 10.3. The Morgan fingerprint density at radius 3 is 2.64 bits per heavy atom. The van der Waals surface area contributed by atoms with Crippen molar-refractivity contribution in [2.75, 3.05) is 13.1 Å². The molecule has 0 saturated carbocycles. The molecule has 0 bridgehead atoms. The SMILES string of the molecule is CC(C)(C)C(O)CC1CC(N)CN(Cc2ccccc2F)C1. The first-order valence-corrected chi connectivity index (χ1v) is 8.15. The molecule has 3 unspecified atom stereocenters. The zero-order valence-electron chi connectivity index (χ0n) is 13.9. The fourth-order valence-corrected chi connectivity index (χ4v) is 3.19. The smallest absolute Gasteiger partial charge is 0.127 e. The van der Waals surface area contributed by atoms with E-state index >= 15 is 0 Å². The van der Waals surface area contributed by atoms with Gasteiger partial charge >= 0.3 is 0 Å². The molecule has 0 aromatic heterocycles. The largest absolute Gasteiger partial charge is 0.393 e. The first-order valence-electron chi connectivity index (χ1n) is 8.15. The van der Waals surface area contributed by atoms with Crippen LogP contribution >= 0.6 is 0 Å². The zero-order valence-corrected chi connectivity index (χ0v) is 13.9. The van der Waals surface area contributed by atoms with Crippen LogP contribution in [0.3, 0.4) is 0 Å². The second-order valence-electron chi connectivity index (χ2n) is 7.76. The number of piperidine rings is 1. The summed E-state index contributed by atoms with van der Waals surface area (Å²) in [5.74, 6) is 0.206. The number of hydrogen-bond acceptors (Lipinski definition) is 3. The van der Waals surface area contributed by atoms with E-state index in [0.717, 1.165) is 25.9 Å². The zero-order chi connectivity index (χ0) is 16.3. The second-order valence-corrected chi connectivity index (χ2v) is 7.76. The van der Waals surface area contributed by atoms with Crippen molar-refractivity contribution in [1.29, 1.82) is 0 Å². The third-order valence-electron chi connectivity index (χ3n) is 4.55. The molecule has 3 nitrogen and oxygen atoms in total. The molecule has 0 amide bonds. The Kier molecular flexibility index (Phi) is 5.59. The number of aliphatic hydroxyl groups excluding tert-OH is 1. The van der Waals surface area contributed by atoms with Crippen molar-refractivity contribution in [3.63, 3.8) is 0 Å². The van der Waals surface area contributed by atoms with Crippen molar-refractivity contribution in [2.24, 2.45) is 17.1 Å². The summed E-state index contributed by atoms with van der Waals surface area (Å²) in [4.78, 5) is 2.21. The Labute approximate surface area is 133 Å². The Morgan fingerprint density at radius 2 is 2.00 bits per heavy atom. The average molecular weight is 308 g/mol. The molecule has 1 aliphatic rings. The van der Waals surface area contributed by atoms with E-state index in [9.17, 15) is 9.50 Å². The van der Waals surface area contributed by atoms with E-state index < -0.39 is 0 Å². The van der Waals surface area contributed by atoms with Gasteiger partial charge in [-0.05, 0) is 30.2 Å². The molecule has 3 atom stereocenters. The lowest BCUT2D eigenvalue weighted by molar-refractivity contribution is 0.0231.